The SMILES string of the molecule is CCOc1cc2c(cc1N[C@H](C)C(=O)Nc1cccc(F)c1)O[C@H](C)C2. The molecule has 2 atom stereocenters. The van der Waals surface area contributed by atoms with Gasteiger partial charge in [-0.15, -0.1) is 0 Å². The van der Waals surface area contributed by atoms with Crippen molar-refractivity contribution in [1.82, 2.24) is 0 Å². The number of hydrogen-bond acceptors (Lipinski definition) is 4. The Hall–Kier alpha value is -2.76. The Morgan fingerprint density at radius 1 is 1.38 bits per heavy atom. The maximum Gasteiger partial charge on any atom is 0.246 e. The van der Waals surface area contributed by atoms with E-state index >= 15 is 0 Å². The van der Waals surface area contributed by atoms with Crippen LogP contribution in [0.15, 0.2) is 36.4 Å². The molecule has 2 N–H and O–H groups in total. The molecule has 0 saturated heterocycles. The fourth-order valence-corrected chi connectivity index (χ4v) is 2.94. The van der Waals surface area contributed by atoms with Crippen LogP contribution in [0.3, 0.4) is 0 Å². The second-order valence-corrected chi connectivity index (χ2v) is 6.39. The van der Waals surface area contributed by atoms with E-state index in [-0.39, 0.29) is 12.0 Å². The Balaban J connectivity index is 1.74. The first-order chi connectivity index (χ1) is 12.5. The predicted molar refractivity (Wildman–Crippen MR) is 99.5 cm³/mol. The number of carbonyl (C=O) groups excluding carboxylic acids is 1. The second kappa shape index (κ2) is 7.64. The van der Waals surface area contributed by atoms with Gasteiger partial charge in [-0.2, -0.15) is 0 Å². The van der Waals surface area contributed by atoms with E-state index < -0.39 is 11.9 Å². The Bertz CT molecular complexity index is 810. The average Bonchev–Trinajstić information content (AvgIpc) is 2.94. The van der Waals surface area contributed by atoms with Gasteiger partial charge in [0, 0.05) is 23.7 Å². The Morgan fingerprint density at radius 2 is 2.19 bits per heavy atom. The number of amides is 1. The van der Waals surface area contributed by atoms with E-state index in [4.69, 9.17) is 9.47 Å². The van der Waals surface area contributed by atoms with Gasteiger partial charge in [0.2, 0.25) is 5.91 Å². The lowest BCUT2D eigenvalue weighted by atomic mass is 10.1. The van der Waals surface area contributed by atoms with Gasteiger partial charge in [-0.3, -0.25) is 4.79 Å². The fourth-order valence-electron chi connectivity index (χ4n) is 2.94. The van der Waals surface area contributed by atoms with Gasteiger partial charge in [0.25, 0.3) is 0 Å². The van der Waals surface area contributed by atoms with Gasteiger partial charge in [-0.1, -0.05) is 6.07 Å². The highest BCUT2D eigenvalue weighted by atomic mass is 19.1. The molecule has 0 unspecified atom stereocenters. The summed E-state index contributed by atoms with van der Waals surface area (Å²) in [6, 6.07) is 9.09. The molecule has 6 heteroatoms. The van der Waals surface area contributed by atoms with Crippen LogP contribution >= 0.6 is 0 Å². The van der Waals surface area contributed by atoms with E-state index in [0.29, 0.717) is 23.7 Å². The molecule has 3 rings (SSSR count). The topological polar surface area (TPSA) is 59.6 Å². The number of anilines is 2. The predicted octanol–water partition coefficient (Wildman–Crippen LogP) is 3.99. The number of carbonyl (C=O) groups is 1. The van der Waals surface area contributed by atoms with E-state index in [1.54, 1.807) is 19.1 Å². The molecule has 0 aromatic heterocycles. The van der Waals surface area contributed by atoms with Gasteiger partial charge >= 0.3 is 0 Å². The third-order valence-corrected chi connectivity index (χ3v) is 4.16. The van der Waals surface area contributed by atoms with Crippen LogP contribution in [0.4, 0.5) is 15.8 Å². The van der Waals surface area contributed by atoms with Crippen molar-refractivity contribution in [3.05, 3.63) is 47.8 Å². The van der Waals surface area contributed by atoms with Crippen LogP contribution < -0.4 is 20.1 Å². The molecular weight excluding hydrogens is 335 g/mol. The molecular formula is C20H23FN2O3. The lowest BCUT2D eigenvalue weighted by Gasteiger charge is -2.19. The van der Waals surface area contributed by atoms with Gasteiger partial charge in [0.05, 0.1) is 12.3 Å². The molecule has 0 fully saturated rings. The lowest BCUT2D eigenvalue weighted by molar-refractivity contribution is -0.116. The van der Waals surface area contributed by atoms with Gasteiger partial charge in [-0.05, 0) is 45.0 Å². The van der Waals surface area contributed by atoms with Crippen molar-refractivity contribution in [3.63, 3.8) is 0 Å². The summed E-state index contributed by atoms with van der Waals surface area (Å²) in [5, 5.41) is 5.86. The molecule has 26 heavy (non-hydrogen) atoms. The summed E-state index contributed by atoms with van der Waals surface area (Å²) < 4.78 is 24.8. The molecule has 0 radical (unpaired) electrons. The summed E-state index contributed by atoms with van der Waals surface area (Å²) in [4.78, 5) is 12.4. The Labute approximate surface area is 152 Å². The quantitative estimate of drug-likeness (QED) is 0.820. The van der Waals surface area contributed by atoms with E-state index in [0.717, 1.165) is 17.7 Å². The normalized spacial score (nSPS) is 16.4. The van der Waals surface area contributed by atoms with E-state index in [2.05, 4.69) is 10.6 Å². The number of ether oxygens (including phenoxy) is 2. The standard InChI is InChI=1S/C20H23FN2O3/c1-4-25-19-9-14-8-12(2)26-18(14)11-17(19)22-13(3)20(24)23-16-7-5-6-15(21)10-16/h5-7,9-13,22H,4,8H2,1-3H3,(H,23,24)/t12-,13-/m1/s1. The molecule has 1 aliphatic rings. The minimum Gasteiger partial charge on any atom is -0.492 e. The molecule has 1 heterocycles. The van der Waals surface area contributed by atoms with Crippen molar-refractivity contribution in [3.8, 4) is 11.5 Å². The lowest BCUT2D eigenvalue weighted by Crippen LogP contribution is -2.32. The third-order valence-electron chi connectivity index (χ3n) is 4.16. The van der Waals surface area contributed by atoms with Crippen molar-refractivity contribution >= 4 is 17.3 Å². The summed E-state index contributed by atoms with van der Waals surface area (Å²) in [6.07, 6.45) is 0.967. The number of rotatable bonds is 6. The largest absolute Gasteiger partial charge is 0.492 e. The molecule has 0 spiro atoms. The van der Waals surface area contributed by atoms with Crippen molar-refractivity contribution in [1.29, 1.82) is 0 Å². The number of halogens is 1. The highest BCUT2D eigenvalue weighted by molar-refractivity contribution is 5.96. The molecule has 5 nitrogen and oxygen atoms in total. The van der Waals surface area contributed by atoms with Crippen molar-refractivity contribution in [2.75, 3.05) is 17.2 Å². The fraction of sp³-hybridized carbons (Fsp3) is 0.350. The summed E-state index contributed by atoms with van der Waals surface area (Å²) in [6.45, 7) is 6.19. The van der Waals surface area contributed by atoms with Crippen LogP contribution in [0, 0.1) is 5.82 Å². The van der Waals surface area contributed by atoms with Crippen molar-refractivity contribution < 1.29 is 18.7 Å². The van der Waals surface area contributed by atoms with Crippen LogP contribution in [0.2, 0.25) is 0 Å². The molecule has 0 aliphatic carbocycles. The maximum absolute atomic E-state index is 13.3. The zero-order valence-electron chi connectivity index (χ0n) is 15.1. The minimum atomic E-state index is -0.547. The zero-order chi connectivity index (χ0) is 18.7. The maximum atomic E-state index is 13.3. The monoisotopic (exact) mass is 358 g/mol. The van der Waals surface area contributed by atoms with Crippen LogP contribution in [0.1, 0.15) is 26.3 Å². The summed E-state index contributed by atoms with van der Waals surface area (Å²) in [5.74, 6) is 0.829. The molecule has 2 aromatic rings. The first kappa shape index (κ1) is 18.0. The first-order valence-electron chi connectivity index (χ1n) is 8.75. The van der Waals surface area contributed by atoms with Gasteiger partial charge < -0.3 is 20.1 Å². The highest BCUT2D eigenvalue weighted by Gasteiger charge is 2.23. The second-order valence-electron chi connectivity index (χ2n) is 6.39. The Kier molecular flexibility index (Phi) is 5.30. The first-order valence-corrected chi connectivity index (χ1v) is 8.75. The number of nitrogens with one attached hydrogen (secondary N) is 2. The van der Waals surface area contributed by atoms with E-state index in [9.17, 15) is 9.18 Å². The molecule has 0 saturated carbocycles. The average molecular weight is 358 g/mol. The molecule has 138 valence electrons. The highest BCUT2D eigenvalue weighted by Crippen LogP contribution is 2.38. The van der Waals surface area contributed by atoms with Crippen molar-refractivity contribution in [2.24, 2.45) is 0 Å². The Morgan fingerprint density at radius 3 is 2.92 bits per heavy atom. The number of hydrogen-bond donors (Lipinski definition) is 2. The third kappa shape index (κ3) is 4.07. The minimum absolute atomic E-state index is 0.128. The summed E-state index contributed by atoms with van der Waals surface area (Å²) in [7, 11) is 0. The molecule has 0 bridgehead atoms. The van der Waals surface area contributed by atoms with Crippen LogP contribution in [-0.2, 0) is 11.2 Å². The van der Waals surface area contributed by atoms with Gasteiger partial charge in [0.1, 0.15) is 29.5 Å². The van der Waals surface area contributed by atoms with Crippen LogP contribution in [0.25, 0.3) is 0 Å². The van der Waals surface area contributed by atoms with Gasteiger partial charge in [-0.25, -0.2) is 4.39 Å². The summed E-state index contributed by atoms with van der Waals surface area (Å²) >= 11 is 0. The smallest absolute Gasteiger partial charge is 0.246 e. The van der Waals surface area contributed by atoms with Crippen LogP contribution in [0.5, 0.6) is 11.5 Å². The van der Waals surface area contributed by atoms with Crippen molar-refractivity contribution in [2.45, 2.75) is 39.3 Å². The van der Waals surface area contributed by atoms with Gasteiger partial charge in [0.15, 0.2) is 0 Å². The van der Waals surface area contributed by atoms with E-state index in [1.807, 2.05) is 26.0 Å². The number of benzene rings is 2. The zero-order valence-corrected chi connectivity index (χ0v) is 15.1. The molecule has 2 aromatic carbocycles. The van der Waals surface area contributed by atoms with E-state index in [1.165, 1.54) is 12.1 Å². The summed E-state index contributed by atoms with van der Waals surface area (Å²) in [5.41, 5.74) is 2.21. The molecule has 1 amide bonds. The molecule has 1 aliphatic heterocycles. The number of fused-ring (bicyclic) bond motifs is 1. The van der Waals surface area contributed by atoms with Crippen LogP contribution in [-0.4, -0.2) is 24.7 Å².